The summed E-state index contributed by atoms with van der Waals surface area (Å²) < 4.78 is 6.78. The maximum atomic E-state index is 13.1. The summed E-state index contributed by atoms with van der Waals surface area (Å²) in [5.41, 5.74) is 0.859. The molecule has 164 valence electrons. The molecular weight excluding hydrogens is 446 g/mol. The van der Waals surface area contributed by atoms with E-state index in [2.05, 4.69) is 34.7 Å². The van der Waals surface area contributed by atoms with E-state index >= 15 is 0 Å². The Bertz CT molecular complexity index is 771. The lowest BCUT2D eigenvalue weighted by molar-refractivity contribution is -0.137. The van der Waals surface area contributed by atoms with Crippen LogP contribution >= 0.6 is 15.9 Å². The van der Waals surface area contributed by atoms with Gasteiger partial charge in [0, 0.05) is 55.8 Å². The number of halogens is 1. The largest absolute Gasteiger partial charge is 0.373 e. The number of morpholine rings is 1. The molecular formula is C23H32BrN3O3. The van der Waals surface area contributed by atoms with Gasteiger partial charge in [0.15, 0.2) is 0 Å². The van der Waals surface area contributed by atoms with Crippen LogP contribution in [0.1, 0.15) is 33.1 Å². The second-order valence-corrected chi connectivity index (χ2v) is 10.0. The van der Waals surface area contributed by atoms with E-state index in [4.69, 9.17) is 4.74 Å². The molecule has 3 aliphatic heterocycles. The highest BCUT2D eigenvalue weighted by Crippen LogP contribution is 2.29. The molecule has 30 heavy (non-hydrogen) atoms. The number of nitrogens with zero attached hydrogens (tertiary/aromatic N) is 3. The van der Waals surface area contributed by atoms with E-state index in [0.29, 0.717) is 31.1 Å². The minimum atomic E-state index is -0.228. The number of hydrogen-bond acceptors (Lipinski definition) is 4. The van der Waals surface area contributed by atoms with Crippen molar-refractivity contribution in [2.75, 3.05) is 44.2 Å². The number of likely N-dealkylation sites (tertiary alicyclic amines) is 1. The zero-order valence-corrected chi connectivity index (χ0v) is 19.5. The highest BCUT2D eigenvalue weighted by molar-refractivity contribution is 9.10. The Kier molecular flexibility index (Phi) is 6.80. The van der Waals surface area contributed by atoms with Crippen molar-refractivity contribution >= 4 is 33.4 Å². The molecule has 3 aliphatic rings. The summed E-state index contributed by atoms with van der Waals surface area (Å²) in [6.07, 6.45) is 2.99. The molecule has 0 bridgehead atoms. The SMILES string of the molecule is CC1CN(CC2CCN(C(=O)C3CC(=O)N(c4cccc(Br)c4)C3)CC2)CC(C)O1. The van der Waals surface area contributed by atoms with Crippen LogP contribution in [0.15, 0.2) is 28.7 Å². The van der Waals surface area contributed by atoms with Crippen LogP contribution in [0.5, 0.6) is 0 Å². The topological polar surface area (TPSA) is 53.1 Å². The zero-order valence-electron chi connectivity index (χ0n) is 17.9. The second kappa shape index (κ2) is 9.37. The number of ether oxygens (including phenoxy) is 1. The molecule has 3 heterocycles. The molecule has 3 fully saturated rings. The Morgan fingerprint density at radius 3 is 2.50 bits per heavy atom. The lowest BCUT2D eigenvalue weighted by Gasteiger charge is -2.39. The van der Waals surface area contributed by atoms with Crippen LogP contribution in [-0.4, -0.2) is 73.1 Å². The fourth-order valence-electron chi connectivity index (χ4n) is 5.16. The first-order valence-corrected chi connectivity index (χ1v) is 11.9. The maximum Gasteiger partial charge on any atom is 0.228 e. The highest BCUT2D eigenvalue weighted by Gasteiger charge is 2.38. The van der Waals surface area contributed by atoms with E-state index in [1.165, 1.54) is 0 Å². The van der Waals surface area contributed by atoms with E-state index < -0.39 is 0 Å². The van der Waals surface area contributed by atoms with Crippen LogP contribution in [0.2, 0.25) is 0 Å². The molecule has 3 saturated heterocycles. The zero-order chi connectivity index (χ0) is 21.3. The van der Waals surface area contributed by atoms with Crippen molar-refractivity contribution < 1.29 is 14.3 Å². The number of carbonyl (C=O) groups is 2. The fraction of sp³-hybridized carbons (Fsp3) is 0.652. The van der Waals surface area contributed by atoms with Crippen LogP contribution in [-0.2, 0) is 14.3 Å². The van der Waals surface area contributed by atoms with Gasteiger partial charge in [-0.3, -0.25) is 14.5 Å². The van der Waals surface area contributed by atoms with Gasteiger partial charge in [-0.25, -0.2) is 0 Å². The van der Waals surface area contributed by atoms with E-state index in [0.717, 1.165) is 55.7 Å². The van der Waals surface area contributed by atoms with E-state index in [1.54, 1.807) is 4.90 Å². The van der Waals surface area contributed by atoms with Crippen molar-refractivity contribution in [1.82, 2.24) is 9.80 Å². The van der Waals surface area contributed by atoms with Gasteiger partial charge in [0.2, 0.25) is 11.8 Å². The second-order valence-electron chi connectivity index (χ2n) is 9.13. The lowest BCUT2D eigenvalue weighted by Crippen LogP contribution is -2.49. The summed E-state index contributed by atoms with van der Waals surface area (Å²) in [7, 11) is 0. The molecule has 1 aromatic rings. The van der Waals surface area contributed by atoms with Crippen LogP contribution < -0.4 is 4.90 Å². The Morgan fingerprint density at radius 1 is 1.13 bits per heavy atom. The summed E-state index contributed by atoms with van der Waals surface area (Å²) in [6, 6.07) is 7.72. The Balaban J connectivity index is 1.28. The van der Waals surface area contributed by atoms with Crippen molar-refractivity contribution in [3.63, 3.8) is 0 Å². The predicted octanol–water partition coefficient (Wildman–Crippen LogP) is 3.15. The highest BCUT2D eigenvalue weighted by atomic mass is 79.9. The molecule has 3 unspecified atom stereocenters. The molecule has 0 aliphatic carbocycles. The molecule has 0 radical (unpaired) electrons. The van der Waals surface area contributed by atoms with Gasteiger partial charge in [0.25, 0.3) is 0 Å². The molecule has 0 aromatic heterocycles. The minimum absolute atomic E-state index is 0.0388. The lowest BCUT2D eigenvalue weighted by atomic mass is 9.94. The van der Waals surface area contributed by atoms with E-state index in [1.807, 2.05) is 29.2 Å². The quantitative estimate of drug-likeness (QED) is 0.668. The molecule has 7 heteroatoms. The van der Waals surface area contributed by atoms with Gasteiger partial charge in [-0.05, 0) is 50.8 Å². The first-order chi connectivity index (χ1) is 14.4. The maximum absolute atomic E-state index is 13.1. The van der Waals surface area contributed by atoms with Crippen molar-refractivity contribution in [2.24, 2.45) is 11.8 Å². The number of carbonyl (C=O) groups excluding carboxylic acids is 2. The molecule has 4 rings (SSSR count). The number of benzene rings is 1. The molecule has 0 N–H and O–H groups in total. The van der Waals surface area contributed by atoms with Gasteiger partial charge >= 0.3 is 0 Å². The average molecular weight is 478 g/mol. The number of hydrogen-bond donors (Lipinski definition) is 0. The van der Waals surface area contributed by atoms with Crippen LogP contribution in [0.25, 0.3) is 0 Å². The van der Waals surface area contributed by atoms with Crippen molar-refractivity contribution in [1.29, 1.82) is 0 Å². The fourth-order valence-corrected chi connectivity index (χ4v) is 5.55. The average Bonchev–Trinajstić information content (AvgIpc) is 3.09. The molecule has 1 aromatic carbocycles. The molecule has 0 saturated carbocycles. The van der Waals surface area contributed by atoms with Crippen molar-refractivity contribution in [2.45, 2.75) is 45.3 Å². The van der Waals surface area contributed by atoms with E-state index in [-0.39, 0.29) is 17.7 Å². The standard InChI is InChI=1S/C23H32BrN3O3/c1-16-12-25(13-17(2)30-16)14-18-6-8-26(9-7-18)23(29)19-10-22(28)27(15-19)21-5-3-4-20(24)11-21/h3-5,11,16-19H,6-10,12-15H2,1-2H3. The first kappa shape index (κ1) is 21.8. The van der Waals surface area contributed by atoms with Gasteiger partial charge in [0.1, 0.15) is 0 Å². The molecule has 0 spiro atoms. The monoisotopic (exact) mass is 477 g/mol. The summed E-state index contributed by atoms with van der Waals surface area (Å²) in [5, 5.41) is 0. The van der Waals surface area contributed by atoms with E-state index in [9.17, 15) is 9.59 Å². The smallest absolute Gasteiger partial charge is 0.228 e. The predicted molar refractivity (Wildman–Crippen MR) is 120 cm³/mol. The Labute approximate surface area is 187 Å². The third-order valence-corrected chi connectivity index (χ3v) is 7.03. The number of piperidine rings is 1. The normalized spacial score (nSPS) is 28.9. The van der Waals surface area contributed by atoms with Gasteiger partial charge in [0.05, 0.1) is 18.1 Å². The van der Waals surface area contributed by atoms with Crippen LogP contribution in [0, 0.1) is 11.8 Å². The number of amides is 2. The van der Waals surface area contributed by atoms with Gasteiger partial charge < -0.3 is 14.5 Å². The summed E-state index contributed by atoms with van der Waals surface area (Å²) in [4.78, 5) is 31.9. The van der Waals surface area contributed by atoms with Gasteiger partial charge in [-0.15, -0.1) is 0 Å². The summed E-state index contributed by atoms with van der Waals surface area (Å²) in [6.45, 7) is 9.48. The van der Waals surface area contributed by atoms with Crippen LogP contribution in [0.4, 0.5) is 5.69 Å². The number of anilines is 1. The minimum Gasteiger partial charge on any atom is -0.373 e. The third-order valence-electron chi connectivity index (χ3n) is 6.53. The summed E-state index contributed by atoms with van der Waals surface area (Å²) >= 11 is 3.46. The molecule has 3 atom stereocenters. The Morgan fingerprint density at radius 2 is 1.83 bits per heavy atom. The number of rotatable bonds is 4. The molecule has 6 nitrogen and oxygen atoms in total. The third kappa shape index (κ3) is 5.06. The van der Waals surface area contributed by atoms with Crippen molar-refractivity contribution in [3.8, 4) is 0 Å². The first-order valence-electron chi connectivity index (χ1n) is 11.1. The van der Waals surface area contributed by atoms with Crippen molar-refractivity contribution in [3.05, 3.63) is 28.7 Å². The van der Waals surface area contributed by atoms with Gasteiger partial charge in [-0.1, -0.05) is 22.0 Å². The van der Waals surface area contributed by atoms with Gasteiger partial charge in [-0.2, -0.15) is 0 Å². The summed E-state index contributed by atoms with van der Waals surface area (Å²) in [5.74, 6) is 0.591. The molecule has 2 amide bonds. The Hall–Kier alpha value is -1.44. The van der Waals surface area contributed by atoms with Crippen LogP contribution in [0.3, 0.4) is 0 Å².